The Kier molecular flexibility index (Phi) is 4.33. The molecule has 2 N–H and O–H groups in total. The second-order valence-electron chi connectivity index (χ2n) is 4.63. The summed E-state index contributed by atoms with van der Waals surface area (Å²) in [5, 5.41) is 6.04. The molecule has 6 nitrogen and oxygen atoms in total. The van der Waals surface area contributed by atoms with Gasteiger partial charge in [0.05, 0.1) is 12.7 Å². The predicted octanol–water partition coefficient (Wildman–Crippen LogP) is 0.516. The van der Waals surface area contributed by atoms with Gasteiger partial charge in [-0.3, -0.25) is 4.79 Å². The lowest BCUT2D eigenvalue weighted by atomic mass is 10.1. The van der Waals surface area contributed by atoms with Gasteiger partial charge in [0.25, 0.3) is 5.91 Å². The van der Waals surface area contributed by atoms with Crippen LogP contribution in [0.4, 0.5) is 0 Å². The molecular formula is C12H19N3O3. The van der Waals surface area contributed by atoms with Crippen molar-refractivity contribution in [2.75, 3.05) is 26.2 Å². The maximum atomic E-state index is 12.0. The molecule has 0 aromatic carbocycles. The molecule has 1 saturated heterocycles. The molecule has 1 aromatic rings. The molecular weight excluding hydrogens is 234 g/mol. The summed E-state index contributed by atoms with van der Waals surface area (Å²) >= 11 is 0. The Morgan fingerprint density at radius 1 is 1.67 bits per heavy atom. The van der Waals surface area contributed by atoms with E-state index >= 15 is 0 Å². The monoisotopic (exact) mass is 253 g/mol. The molecule has 1 atom stereocenters. The fraction of sp³-hybridized carbons (Fsp3) is 0.667. The number of aromatic nitrogens is 1. The molecule has 1 aromatic heterocycles. The molecule has 0 unspecified atom stereocenters. The highest BCUT2D eigenvalue weighted by Crippen LogP contribution is 2.17. The van der Waals surface area contributed by atoms with Gasteiger partial charge in [0, 0.05) is 25.6 Å². The van der Waals surface area contributed by atoms with Crippen LogP contribution in [0.5, 0.6) is 0 Å². The minimum atomic E-state index is -0.207. The number of nitrogens with one attached hydrogen (secondary N) is 2. The van der Waals surface area contributed by atoms with Crippen molar-refractivity contribution < 1.29 is 13.9 Å². The van der Waals surface area contributed by atoms with Gasteiger partial charge in [-0.1, -0.05) is 13.8 Å². The zero-order valence-electron chi connectivity index (χ0n) is 10.7. The number of hydrogen-bond acceptors (Lipinski definition) is 5. The van der Waals surface area contributed by atoms with E-state index in [1.165, 1.54) is 6.39 Å². The second-order valence-corrected chi connectivity index (χ2v) is 4.63. The van der Waals surface area contributed by atoms with Crippen molar-refractivity contribution in [1.82, 2.24) is 15.6 Å². The zero-order valence-corrected chi connectivity index (χ0v) is 10.7. The van der Waals surface area contributed by atoms with Crippen LogP contribution >= 0.6 is 0 Å². The van der Waals surface area contributed by atoms with Gasteiger partial charge >= 0.3 is 0 Å². The molecule has 0 spiro atoms. The first kappa shape index (κ1) is 13.0. The van der Waals surface area contributed by atoms with E-state index in [0.29, 0.717) is 24.6 Å². The van der Waals surface area contributed by atoms with E-state index < -0.39 is 0 Å². The number of ether oxygens (including phenoxy) is 1. The van der Waals surface area contributed by atoms with Gasteiger partial charge in [-0.05, 0) is 0 Å². The highest BCUT2D eigenvalue weighted by Gasteiger charge is 2.20. The number of nitrogens with zero attached hydrogens (tertiary/aromatic N) is 1. The normalized spacial score (nSPS) is 20.1. The van der Waals surface area contributed by atoms with E-state index in [9.17, 15) is 4.79 Å². The van der Waals surface area contributed by atoms with Crippen LogP contribution in [0.25, 0.3) is 0 Å². The van der Waals surface area contributed by atoms with Crippen LogP contribution in [-0.2, 0) is 4.74 Å². The lowest BCUT2D eigenvalue weighted by Gasteiger charge is -2.23. The summed E-state index contributed by atoms with van der Waals surface area (Å²) in [5.41, 5.74) is 0.369. The number of morpholine rings is 1. The van der Waals surface area contributed by atoms with Crippen LogP contribution in [0.3, 0.4) is 0 Å². The maximum Gasteiger partial charge on any atom is 0.273 e. The lowest BCUT2D eigenvalue weighted by Crippen LogP contribution is -2.45. The Hall–Kier alpha value is -1.40. The van der Waals surface area contributed by atoms with Crippen LogP contribution in [0.15, 0.2) is 10.8 Å². The molecule has 2 rings (SSSR count). The van der Waals surface area contributed by atoms with E-state index in [-0.39, 0.29) is 17.9 Å². The standard InChI is InChI=1S/C12H19N3O3/c1-8(2)11-10(15-7-18-11)12(16)14-6-9-5-13-3-4-17-9/h7-9,13H,3-6H2,1-2H3,(H,14,16)/t9-/m0/s1. The van der Waals surface area contributed by atoms with E-state index in [4.69, 9.17) is 9.15 Å². The SMILES string of the molecule is CC(C)c1ocnc1C(=O)NC[C@@H]1CNCCO1. The van der Waals surface area contributed by atoms with Crippen molar-refractivity contribution >= 4 is 5.91 Å². The molecule has 2 heterocycles. The van der Waals surface area contributed by atoms with Gasteiger partial charge in [-0.25, -0.2) is 4.98 Å². The first-order valence-corrected chi connectivity index (χ1v) is 6.22. The van der Waals surface area contributed by atoms with Crippen LogP contribution in [-0.4, -0.2) is 43.2 Å². The fourth-order valence-electron chi connectivity index (χ4n) is 1.88. The average Bonchev–Trinajstić information content (AvgIpc) is 2.86. The Labute approximate surface area is 106 Å². The Balaban J connectivity index is 1.89. The number of hydrogen-bond donors (Lipinski definition) is 2. The van der Waals surface area contributed by atoms with Crippen LogP contribution in [0, 0.1) is 0 Å². The van der Waals surface area contributed by atoms with Crippen LogP contribution in [0.1, 0.15) is 36.0 Å². The molecule has 100 valence electrons. The molecule has 1 aliphatic heterocycles. The highest BCUT2D eigenvalue weighted by atomic mass is 16.5. The summed E-state index contributed by atoms with van der Waals surface area (Å²) in [6, 6.07) is 0. The quantitative estimate of drug-likeness (QED) is 0.818. The predicted molar refractivity (Wildman–Crippen MR) is 65.5 cm³/mol. The zero-order chi connectivity index (χ0) is 13.0. The van der Waals surface area contributed by atoms with E-state index in [2.05, 4.69) is 15.6 Å². The summed E-state index contributed by atoms with van der Waals surface area (Å²) in [6.45, 7) is 6.72. The van der Waals surface area contributed by atoms with Gasteiger partial charge in [-0.15, -0.1) is 0 Å². The minimum Gasteiger partial charge on any atom is -0.447 e. The largest absolute Gasteiger partial charge is 0.447 e. The van der Waals surface area contributed by atoms with Crippen LogP contribution in [0.2, 0.25) is 0 Å². The molecule has 0 radical (unpaired) electrons. The van der Waals surface area contributed by atoms with Gasteiger partial charge in [-0.2, -0.15) is 0 Å². The van der Waals surface area contributed by atoms with Crippen molar-refractivity contribution in [3.05, 3.63) is 17.8 Å². The number of carbonyl (C=O) groups is 1. The number of carbonyl (C=O) groups excluding carboxylic acids is 1. The van der Waals surface area contributed by atoms with Crippen molar-refractivity contribution in [3.63, 3.8) is 0 Å². The topological polar surface area (TPSA) is 76.4 Å². The average molecular weight is 253 g/mol. The summed E-state index contributed by atoms with van der Waals surface area (Å²) in [6.07, 6.45) is 1.33. The Morgan fingerprint density at radius 3 is 3.17 bits per heavy atom. The molecule has 1 amide bonds. The van der Waals surface area contributed by atoms with E-state index in [0.717, 1.165) is 13.1 Å². The van der Waals surface area contributed by atoms with Gasteiger partial charge in [0.15, 0.2) is 12.1 Å². The molecule has 0 saturated carbocycles. The fourth-order valence-corrected chi connectivity index (χ4v) is 1.88. The third-order valence-electron chi connectivity index (χ3n) is 2.83. The van der Waals surface area contributed by atoms with Crippen molar-refractivity contribution in [2.45, 2.75) is 25.9 Å². The van der Waals surface area contributed by atoms with Gasteiger partial charge in [0.1, 0.15) is 5.76 Å². The lowest BCUT2D eigenvalue weighted by molar-refractivity contribution is 0.0286. The maximum absolute atomic E-state index is 12.0. The molecule has 1 aliphatic rings. The van der Waals surface area contributed by atoms with Crippen LogP contribution < -0.4 is 10.6 Å². The third kappa shape index (κ3) is 3.08. The number of amides is 1. The summed E-state index contributed by atoms with van der Waals surface area (Å²) in [4.78, 5) is 15.9. The molecule has 0 aliphatic carbocycles. The summed E-state index contributed by atoms with van der Waals surface area (Å²) in [7, 11) is 0. The number of rotatable bonds is 4. The molecule has 6 heteroatoms. The van der Waals surface area contributed by atoms with E-state index in [1.807, 2.05) is 13.8 Å². The summed E-state index contributed by atoms with van der Waals surface area (Å²) in [5.74, 6) is 0.553. The summed E-state index contributed by atoms with van der Waals surface area (Å²) < 4.78 is 10.7. The van der Waals surface area contributed by atoms with Crippen molar-refractivity contribution in [1.29, 1.82) is 0 Å². The molecule has 0 bridgehead atoms. The van der Waals surface area contributed by atoms with Gasteiger partial charge in [0.2, 0.25) is 0 Å². The van der Waals surface area contributed by atoms with Gasteiger partial charge < -0.3 is 19.8 Å². The highest BCUT2D eigenvalue weighted by molar-refractivity contribution is 5.93. The van der Waals surface area contributed by atoms with Crippen molar-refractivity contribution in [2.24, 2.45) is 0 Å². The molecule has 18 heavy (non-hydrogen) atoms. The third-order valence-corrected chi connectivity index (χ3v) is 2.83. The second kappa shape index (κ2) is 5.97. The van der Waals surface area contributed by atoms with Crippen molar-refractivity contribution in [3.8, 4) is 0 Å². The molecule has 1 fully saturated rings. The Bertz CT molecular complexity index is 397. The minimum absolute atomic E-state index is 0.0251. The number of oxazole rings is 1. The Morgan fingerprint density at radius 2 is 2.50 bits per heavy atom. The smallest absolute Gasteiger partial charge is 0.273 e. The first-order chi connectivity index (χ1) is 8.68. The first-order valence-electron chi connectivity index (χ1n) is 6.22. The van der Waals surface area contributed by atoms with E-state index in [1.54, 1.807) is 0 Å².